The van der Waals surface area contributed by atoms with Crippen LogP contribution < -0.4 is 5.56 Å². The summed E-state index contributed by atoms with van der Waals surface area (Å²) in [5, 5.41) is 13.1. The van der Waals surface area contributed by atoms with Crippen LogP contribution in [0.15, 0.2) is 17.1 Å². The van der Waals surface area contributed by atoms with Crippen LogP contribution in [0.25, 0.3) is 22.1 Å². The Balaban J connectivity index is 2.66. The molecule has 0 aromatic carbocycles. The van der Waals surface area contributed by atoms with Crippen molar-refractivity contribution in [3.8, 4) is 0 Å². The van der Waals surface area contributed by atoms with Gasteiger partial charge in [0.1, 0.15) is 0 Å². The van der Waals surface area contributed by atoms with Gasteiger partial charge in [-0.2, -0.15) is 5.10 Å². The predicted octanol–water partition coefficient (Wildman–Crippen LogP) is 0.127. The van der Waals surface area contributed by atoms with Gasteiger partial charge in [-0.1, -0.05) is 0 Å². The van der Waals surface area contributed by atoms with E-state index >= 15 is 0 Å². The van der Waals surface area contributed by atoms with Gasteiger partial charge in [0.25, 0.3) is 5.56 Å². The van der Waals surface area contributed by atoms with Gasteiger partial charge in [-0.25, -0.2) is 4.98 Å². The van der Waals surface area contributed by atoms with Crippen LogP contribution in [0.2, 0.25) is 0 Å². The topological polar surface area (TPSA) is 90.2 Å². The zero-order chi connectivity index (χ0) is 8.84. The van der Waals surface area contributed by atoms with Crippen molar-refractivity contribution in [1.29, 1.82) is 0 Å². The molecule has 0 amide bonds. The van der Waals surface area contributed by atoms with Gasteiger partial charge in [0.2, 0.25) is 0 Å². The molecule has 3 aromatic heterocycles. The van der Waals surface area contributed by atoms with Crippen molar-refractivity contribution in [1.82, 2.24) is 25.4 Å². The zero-order valence-corrected chi connectivity index (χ0v) is 6.46. The minimum Gasteiger partial charge on any atom is -0.281 e. The molecule has 0 saturated carbocycles. The second-order valence-corrected chi connectivity index (χ2v) is 2.77. The van der Waals surface area contributed by atoms with Crippen molar-refractivity contribution in [2.45, 2.75) is 0 Å². The van der Waals surface area contributed by atoms with E-state index in [0.29, 0.717) is 16.7 Å². The molecule has 0 fully saturated rings. The average Bonchev–Trinajstić information content (AvgIpc) is 2.70. The number of H-pyrrole nitrogens is 3. The Labute approximate surface area is 71.0 Å². The number of aromatic nitrogens is 5. The van der Waals surface area contributed by atoms with Crippen molar-refractivity contribution < 1.29 is 0 Å². The quantitative estimate of drug-likeness (QED) is 0.453. The first kappa shape index (κ1) is 6.41. The normalized spacial score (nSPS) is 11.4. The van der Waals surface area contributed by atoms with Gasteiger partial charge < -0.3 is 0 Å². The van der Waals surface area contributed by atoms with Gasteiger partial charge in [0, 0.05) is 5.39 Å². The van der Waals surface area contributed by atoms with E-state index < -0.39 is 0 Å². The standard InChI is InChI=1S/C7H5N5O/c13-7-4-1-3-2-8-10-5(3)9-6(4)11-12-7/h1-2H,(H3,8,9,10,11,12,13). The summed E-state index contributed by atoms with van der Waals surface area (Å²) >= 11 is 0. The number of aromatic amines is 3. The highest BCUT2D eigenvalue weighted by atomic mass is 16.1. The first-order valence-electron chi connectivity index (χ1n) is 3.75. The van der Waals surface area contributed by atoms with Crippen molar-refractivity contribution in [2.75, 3.05) is 0 Å². The number of nitrogens with zero attached hydrogens (tertiary/aromatic N) is 2. The number of nitrogens with one attached hydrogen (secondary N) is 3. The molecular formula is C7H5N5O. The molecule has 6 heteroatoms. The molecule has 0 aliphatic rings. The Morgan fingerprint density at radius 3 is 3.08 bits per heavy atom. The fourth-order valence-electron chi connectivity index (χ4n) is 1.33. The lowest BCUT2D eigenvalue weighted by atomic mass is 10.3. The average molecular weight is 175 g/mol. The van der Waals surface area contributed by atoms with Crippen LogP contribution in [0.4, 0.5) is 0 Å². The minimum absolute atomic E-state index is 0.161. The highest BCUT2D eigenvalue weighted by Gasteiger charge is 2.04. The summed E-state index contributed by atoms with van der Waals surface area (Å²) in [7, 11) is 0. The number of pyridine rings is 1. The van der Waals surface area contributed by atoms with Crippen LogP contribution in [0.3, 0.4) is 0 Å². The summed E-state index contributed by atoms with van der Waals surface area (Å²) in [5.41, 5.74) is 1.05. The van der Waals surface area contributed by atoms with E-state index in [4.69, 9.17) is 0 Å². The molecule has 6 nitrogen and oxygen atoms in total. The maximum absolute atomic E-state index is 11.2. The lowest BCUT2D eigenvalue weighted by Crippen LogP contribution is -1.97. The molecule has 0 radical (unpaired) electrons. The van der Waals surface area contributed by atoms with Gasteiger partial charge in [-0.05, 0) is 6.07 Å². The highest BCUT2D eigenvalue weighted by molar-refractivity contribution is 5.88. The van der Waals surface area contributed by atoms with Gasteiger partial charge in [0.05, 0.1) is 11.6 Å². The Morgan fingerprint density at radius 2 is 2.15 bits per heavy atom. The molecule has 0 aliphatic carbocycles. The molecule has 0 saturated heterocycles. The summed E-state index contributed by atoms with van der Waals surface area (Å²) in [6, 6.07) is 1.75. The Bertz CT molecular complexity index is 631. The molecule has 0 spiro atoms. The third-order valence-electron chi connectivity index (χ3n) is 1.97. The van der Waals surface area contributed by atoms with Crippen molar-refractivity contribution >= 4 is 22.1 Å². The molecule has 3 heterocycles. The first-order chi connectivity index (χ1) is 6.34. The summed E-state index contributed by atoms with van der Waals surface area (Å²) in [4.78, 5) is 15.3. The number of hydrogen-bond acceptors (Lipinski definition) is 3. The second kappa shape index (κ2) is 1.98. The summed E-state index contributed by atoms with van der Waals surface area (Å²) in [5.74, 6) is 0. The number of hydrogen-bond donors (Lipinski definition) is 3. The van der Waals surface area contributed by atoms with E-state index in [0.717, 1.165) is 5.39 Å². The third-order valence-corrected chi connectivity index (χ3v) is 1.97. The van der Waals surface area contributed by atoms with Gasteiger partial charge in [-0.3, -0.25) is 20.1 Å². The van der Waals surface area contributed by atoms with E-state index in [1.807, 2.05) is 0 Å². The zero-order valence-electron chi connectivity index (χ0n) is 6.46. The predicted molar refractivity (Wildman–Crippen MR) is 46.4 cm³/mol. The van der Waals surface area contributed by atoms with E-state index in [-0.39, 0.29) is 5.56 Å². The van der Waals surface area contributed by atoms with Gasteiger partial charge >= 0.3 is 0 Å². The molecule has 3 aromatic rings. The maximum atomic E-state index is 11.2. The van der Waals surface area contributed by atoms with E-state index in [1.54, 1.807) is 12.3 Å². The second-order valence-electron chi connectivity index (χ2n) is 2.77. The van der Waals surface area contributed by atoms with Crippen LogP contribution in [-0.2, 0) is 0 Å². The smallest absolute Gasteiger partial charge is 0.273 e. The van der Waals surface area contributed by atoms with E-state index in [9.17, 15) is 4.79 Å². The number of fused-ring (bicyclic) bond motifs is 2. The van der Waals surface area contributed by atoms with Crippen LogP contribution in [0, 0.1) is 0 Å². The molecule has 64 valence electrons. The van der Waals surface area contributed by atoms with Gasteiger partial charge in [-0.15, -0.1) is 0 Å². The molecule has 0 bridgehead atoms. The Hall–Kier alpha value is -2.11. The van der Waals surface area contributed by atoms with Crippen LogP contribution in [-0.4, -0.2) is 25.4 Å². The molecular weight excluding hydrogens is 170 g/mol. The SMILES string of the molecule is O=c1[nH][nH]c2nc3[nH]ncc3cc12. The maximum Gasteiger partial charge on any atom is 0.273 e. The molecule has 3 N–H and O–H groups in total. The van der Waals surface area contributed by atoms with Crippen LogP contribution >= 0.6 is 0 Å². The summed E-state index contributed by atoms with van der Waals surface area (Å²) in [6.07, 6.45) is 1.63. The monoisotopic (exact) mass is 175 g/mol. The summed E-state index contributed by atoms with van der Waals surface area (Å²) in [6.45, 7) is 0. The van der Waals surface area contributed by atoms with Crippen molar-refractivity contribution in [2.24, 2.45) is 0 Å². The van der Waals surface area contributed by atoms with E-state index in [1.165, 1.54) is 0 Å². The van der Waals surface area contributed by atoms with Crippen molar-refractivity contribution in [3.63, 3.8) is 0 Å². The van der Waals surface area contributed by atoms with Crippen LogP contribution in [0.1, 0.15) is 0 Å². The Kier molecular flexibility index (Phi) is 0.974. The van der Waals surface area contributed by atoms with E-state index in [2.05, 4.69) is 25.4 Å². The third kappa shape index (κ3) is 0.738. The fraction of sp³-hybridized carbons (Fsp3) is 0. The summed E-state index contributed by atoms with van der Waals surface area (Å²) < 4.78 is 0. The van der Waals surface area contributed by atoms with Crippen LogP contribution in [0.5, 0.6) is 0 Å². The minimum atomic E-state index is -0.161. The molecule has 13 heavy (non-hydrogen) atoms. The Morgan fingerprint density at radius 1 is 1.23 bits per heavy atom. The van der Waals surface area contributed by atoms with Crippen molar-refractivity contribution in [3.05, 3.63) is 22.6 Å². The fourth-order valence-corrected chi connectivity index (χ4v) is 1.33. The largest absolute Gasteiger partial charge is 0.281 e. The number of rotatable bonds is 0. The molecule has 0 atom stereocenters. The lowest BCUT2D eigenvalue weighted by Gasteiger charge is -1.86. The first-order valence-corrected chi connectivity index (χ1v) is 3.75. The molecule has 3 rings (SSSR count). The lowest BCUT2D eigenvalue weighted by molar-refractivity contribution is 1.06. The highest BCUT2D eigenvalue weighted by Crippen LogP contribution is 2.12. The molecule has 0 aliphatic heterocycles. The molecule has 0 unspecified atom stereocenters. The van der Waals surface area contributed by atoms with Gasteiger partial charge in [0.15, 0.2) is 11.3 Å².